The number of likely N-dealkylation sites (tertiary alicyclic amines) is 1. The van der Waals surface area contributed by atoms with E-state index in [1.807, 2.05) is 0 Å². The van der Waals surface area contributed by atoms with Gasteiger partial charge in [0.2, 0.25) is 0 Å². The van der Waals surface area contributed by atoms with Crippen molar-refractivity contribution >= 4 is 12.1 Å². The average molecular weight is 283 g/mol. The molecule has 1 heterocycles. The van der Waals surface area contributed by atoms with Crippen LogP contribution in [-0.4, -0.2) is 40.8 Å². The molecule has 5 heteroatoms. The maximum absolute atomic E-state index is 12.1. The number of carbonyl (C=O) groups is 2. The standard InChI is InChI=1S/C15H25NO4/c1-5-6-8-15(12(17)18)9-7-10-16(11-15)13(19)20-14(2,3)4/h5H,1,6-11H2,2-4H3,(H,17,18)/t15-/m1/s1. The topological polar surface area (TPSA) is 66.8 Å². The molecule has 1 aliphatic rings. The van der Waals surface area contributed by atoms with Crippen molar-refractivity contribution in [2.24, 2.45) is 5.41 Å². The molecule has 1 amide bonds. The lowest BCUT2D eigenvalue weighted by Gasteiger charge is -2.40. The van der Waals surface area contributed by atoms with Gasteiger partial charge in [0.25, 0.3) is 0 Å². The van der Waals surface area contributed by atoms with Gasteiger partial charge in [0, 0.05) is 13.1 Å². The van der Waals surface area contributed by atoms with Crippen molar-refractivity contribution in [3.05, 3.63) is 12.7 Å². The SMILES string of the molecule is C=CCC[C@@]1(C(=O)O)CCCN(C(=O)OC(C)(C)C)C1. The predicted octanol–water partition coefficient (Wildman–Crippen LogP) is 3.05. The number of ether oxygens (including phenoxy) is 1. The van der Waals surface area contributed by atoms with Gasteiger partial charge in [0.05, 0.1) is 5.41 Å². The highest BCUT2D eigenvalue weighted by molar-refractivity contribution is 5.77. The number of hydrogen-bond donors (Lipinski definition) is 1. The third-order valence-corrected chi connectivity index (χ3v) is 3.51. The highest BCUT2D eigenvalue weighted by atomic mass is 16.6. The number of carboxylic acids is 1. The van der Waals surface area contributed by atoms with Crippen LogP contribution in [0.5, 0.6) is 0 Å². The van der Waals surface area contributed by atoms with Crippen molar-refractivity contribution in [3.8, 4) is 0 Å². The maximum atomic E-state index is 12.1. The van der Waals surface area contributed by atoms with E-state index < -0.39 is 23.1 Å². The molecule has 1 N–H and O–H groups in total. The van der Waals surface area contributed by atoms with Crippen molar-refractivity contribution in [3.63, 3.8) is 0 Å². The van der Waals surface area contributed by atoms with E-state index in [1.165, 1.54) is 4.90 Å². The molecule has 0 radical (unpaired) electrons. The van der Waals surface area contributed by atoms with E-state index in [0.29, 0.717) is 32.2 Å². The van der Waals surface area contributed by atoms with Gasteiger partial charge in [-0.05, 0) is 46.5 Å². The van der Waals surface area contributed by atoms with E-state index in [4.69, 9.17) is 4.74 Å². The Morgan fingerprint density at radius 2 is 2.10 bits per heavy atom. The number of allylic oxidation sites excluding steroid dienone is 1. The molecular weight excluding hydrogens is 258 g/mol. The second-order valence-electron chi connectivity index (χ2n) is 6.42. The zero-order valence-corrected chi connectivity index (χ0v) is 12.6. The van der Waals surface area contributed by atoms with Crippen LogP contribution in [0.15, 0.2) is 12.7 Å². The molecule has 1 atom stereocenters. The summed E-state index contributed by atoms with van der Waals surface area (Å²) in [5, 5.41) is 9.53. The van der Waals surface area contributed by atoms with Crippen LogP contribution in [0.2, 0.25) is 0 Å². The Morgan fingerprint density at radius 1 is 1.45 bits per heavy atom. The molecule has 20 heavy (non-hydrogen) atoms. The maximum Gasteiger partial charge on any atom is 0.410 e. The third kappa shape index (κ3) is 4.25. The van der Waals surface area contributed by atoms with Crippen LogP contribution in [0, 0.1) is 5.41 Å². The molecule has 0 aromatic carbocycles. The van der Waals surface area contributed by atoms with Gasteiger partial charge in [0.15, 0.2) is 0 Å². The summed E-state index contributed by atoms with van der Waals surface area (Å²) in [4.78, 5) is 25.2. The van der Waals surface area contributed by atoms with Gasteiger partial charge >= 0.3 is 12.1 Å². The fourth-order valence-electron chi connectivity index (χ4n) is 2.48. The molecule has 0 saturated carbocycles. The van der Waals surface area contributed by atoms with E-state index in [1.54, 1.807) is 26.8 Å². The van der Waals surface area contributed by atoms with E-state index in [2.05, 4.69) is 6.58 Å². The van der Waals surface area contributed by atoms with Gasteiger partial charge < -0.3 is 14.7 Å². The molecular formula is C15H25NO4. The lowest BCUT2D eigenvalue weighted by Crippen LogP contribution is -2.51. The number of carbonyl (C=O) groups excluding carboxylic acids is 1. The molecule has 0 aromatic rings. The Hall–Kier alpha value is -1.52. The molecule has 0 aromatic heterocycles. The second-order valence-corrected chi connectivity index (χ2v) is 6.42. The minimum Gasteiger partial charge on any atom is -0.481 e. The quantitative estimate of drug-likeness (QED) is 0.805. The molecule has 5 nitrogen and oxygen atoms in total. The van der Waals surface area contributed by atoms with Crippen LogP contribution in [0.4, 0.5) is 4.79 Å². The van der Waals surface area contributed by atoms with Gasteiger partial charge in [-0.3, -0.25) is 4.79 Å². The van der Waals surface area contributed by atoms with Crippen molar-refractivity contribution in [1.29, 1.82) is 0 Å². The molecule has 0 aliphatic carbocycles. The number of aliphatic carboxylic acids is 1. The highest BCUT2D eigenvalue weighted by Crippen LogP contribution is 2.35. The van der Waals surface area contributed by atoms with E-state index in [-0.39, 0.29) is 6.54 Å². The fourth-order valence-corrected chi connectivity index (χ4v) is 2.48. The zero-order valence-electron chi connectivity index (χ0n) is 12.6. The first-order valence-corrected chi connectivity index (χ1v) is 7.02. The van der Waals surface area contributed by atoms with Crippen LogP contribution in [0.25, 0.3) is 0 Å². The molecule has 1 saturated heterocycles. The first-order valence-electron chi connectivity index (χ1n) is 7.02. The Kier molecular flexibility index (Phi) is 5.20. The third-order valence-electron chi connectivity index (χ3n) is 3.51. The number of nitrogens with zero attached hydrogens (tertiary/aromatic N) is 1. The minimum absolute atomic E-state index is 0.213. The van der Waals surface area contributed by atoms with Gasteiger partial charge in [-0.25, -0.2) is 4.79 Å². The molecule has 1 rings (SSSR count). The minimum atomic E-state index is -0.872. The van der Waals surface area contributed by atoms with Crippen molar-refractivity contribution in [2.45, 2.75) is 52.1 Å². The number of amides is 1. The first kappa shape index (κ1) is 16.5. The summed E-state index contributed by atoms with van der Waals surface area (Å²) in [5.74, 6) is -0.840. The Labute approximate surface area is 120 Å². The molecule has 0 spiro atoms. The van der Waals surface area contributed by atoms with Crippen LogP contribution >= 0.6 is 0 Å². The summed E-state index contributed by atoms with van der Waals surface area (Å²) in [6.07, 6.45) is 3.70. The molecule has 1 fully saturated rings. The van der Waals surface area contributed by atoms with E-state index in [0.717, 1.165) is 0 Å². The summed E-state index contributed by atoms with van der Waals surface area (Å²) in [6.45, 7) is 9.81. The lowest BCUT2D eigenvalue weighted by atomic mass is 9.76. The highest BCUT2D eigenvalue weighted by Gasteiger charge is 2.43. The first-order chi connectivity index (χ1) is 9.20. The van der Waals surface area contributed by atoms with Crippen LogP contribution in [0.3, 0.4) is 0 Å². The second kappa shape index (κ2) is 6.29. The van der Waals surface area contributed by atoms with E-state index in [9.17, 15) is 14.7 Å². The summed E-state index contributed by atoms with van der Waals surface area (Å²) >= 11 is 0. The lowest BCUT2D eigenvalue weighted by molar-refractivity contribution is -0.152. The van der Waals surface area contributed by atoms with Gasteiger partial charge in [-0.15, -0.1) is 6.58 Å². The Bertz CT molecular complexity index is 386. The summed E-state index contributed by atoms with van der Waals surface area (Å²) < 4.78 is 5.33. The fraction of sp³-hybridized carbons (Fsp3) is 0.733. The van der Waals surface area contributed by atoms with E-state index >= 15 is 0 Å². The van der Waals surface area contributed by atoms with Crippen LogP contribution in [0.1, 0.15) is 46.5 Å². The average Bonchev–Trinajstić information content (AvgIpc) is 2.34. The van der Waals surface area contributed by atoms with Gasteiger partial charge in [-0.2, -0.15) is 0 Å². The number of piperidine rings is 1. The van der Waals surface area contributed by atoms with Crippen molar-refractivity contribution < 1.29 is 19.4 Å². The van der Waals surface area contributed by atoms with Crippen molar-refractivity contribution in [2.75, 3.05) is 13.1 Å². The molecule has 0 bridgehead atoms. The molecule has 114 valence electrons. The van der Waals surface area contributed by atoms with Gasteiger partial charge in [-0.1, -0.05) is 6.08 Å². The van der Waals surface area contributed by atoms with Gasteiger partial charge in [0.1, 0.15) is 5.60 Å². The normalized spacial score (nSPS) is 23.2. The predicted molar refractivity (Wildman–Crippen MR) is 76.5 cm³/mol. The molecule has 0 unspecified atom stereocenters. The Morgan fingerprint density at radius 3 is 2.60 bits per heavy atom. The van der Waals surface area contributed by atoms with Crippen LogP contribution < -0.4 is 0 Å². The zero-order chi connectivity index (χ0) is 15.4. The monoisotopic (exact) mass is 283 g/mol. The smallest absolute Gasteiger partial charge is 0.410 e. The molecule has 1 aliphatic heterocycles. The summed E-state index contributed by atoms with van der Waals surface area (Å²) in [6, 6.07) is 0. The number of carboxylic acid groups (broad SMARTS) is 1. The number of hydrogen-bond acceptors (Lipinski definition) is 3. The summed E-state index contributed by atoms with van der Waals surface area (Å²) in [7, 11) is 0. The Balaban J connectivity index is 2.79. The van der Waals surface area contributed by atoms with Crippen LogP contribution in [-0.2, 0) is 9.53 Å². The largest absolute Gasteiger partial charge is 0.481 e. The summed E-state index contributed by atoms with van der Waals surface area (Å²) in [5.41, 5.74) is -1.44. The van der Waals surface area contributed by atoms with Crippen molar-refractivity contribution in [1.82, 2.24) is 4.90 Å². The number of rotatable bonds is 4.